The number of hydrogen-bond donors (Lipinski definition) is 0. The third-order valence-corrected chi connectivity index (χ3v) is 2.31. The monoisotopic (exact) mass is 205 g/mol. The molecule has 1 aliphatic rings. The minimum Gasteiger partial charge on any atom is -0.465 e. The van der Waals surface area contributed by atoms with Crippen LogP contribution in [0.15, 0.2) is 23.5 Å². The summed E-state index contributed by atoms with van der Waals surface area (Å²) in [5, 5.41) is 4.06. The van der Waals surface area contributed by atoms with Crippen LogP contribution in [0.25, 0.3) is 5.57 Å². The van der Waals surface area contributed by atoms with Crippen LogP contribution in [0.1, 0.15) is 12.1 Å². The molecule has 0 saturated heterocycles. The van der Waals surface area contributed by atoms with E-state index in [9.17, 15) is 4.79 Å². The van der Waals surface area contributed by atoms with E-state index < -0.39 is 0 Å². The molecule has 1 aliphatic heterocycles. The first-order valence-corrected chi connectivity index (χ1v) is 4.55. The lowest BCUT2D eigenvalue weighted by atomic mass is 10.1. The Morgan fingerprint density at radius 3 is 3.00 bits per heavy atom. The lowest BCUT2D eigenvalue weighted by Gasteiger charge is -2.02. The molecule has 0 saturated carbocycles. The SMILES string of the molecule is COC(=O)C1=NC=C(c2ccnn2C)C1. The van der Waals surface area contributed by atoms with Crippen molar-refractivity contribution in [2.24, 2.45) is 12.0 Å². The Morgan fingerprint density at radius 1 is 1.60 bits per heavy atom. The van der Waals surface area contributed by atoms with Gasteiger partial charge in [0.05, 0.1) is 12.8 Å². The summed E-state index contributed by atoms with van der Waals surface area (Å²) in [6.45, 7) is 0. The van der Waals surface area contributed by atoms with E-state index in [1.165, 1.54) is 7.11 Å². The lowest BCUT2D eigenvalue weighted by molar-refractivity contribution is -0.132. The molecule has 0 bridgehead atoms. The van der Waals surface area contributed by atoms with Crippen molar-refractivity contribution in [2.45, 2.75) is 6.42 Å². The first kappa shape index (κ1) is 9.64. The summed E-state index contributed by atoms with van der Waals surface area (Å²) >= 11 is 0. The van der Waals surface area contributed by atoms with E-state index in [4.69, 9.17) is 0 Å². The van der Waals surface area contributed by atoms with Gasteiger partial charge in [0.15, 0.2) is 0 Å². The van der Waals surface area contributed by atoms with Gasteiger partial charge in [0.25, 0.3) is 0 Å². The molecule has 2 rings (SSSR count). The Bertz CT molecular complexity index is 457. The van der Waals surface area contributed by atoms with Gasteiger partial charge in [-0.25, -0.2) is 4.79 Å². The molecule has 5 nitrogen and oxygen atoms in total. The van der Waals surface area contributed by atoms with Crippen LogP contribution in [0.5, 0.6) is 0 Å². The van der Waals surface area contributed by atoms with Crippen molar-refractivity contribution in [3.05, 3.63) is 24.2 Å². The smallest absolute Gasteiger partial charge is 0.352 e. The highest BCUT2D eigenvalue weighted by Gasteiger charge is 2.20. The molecule has 1 aromatic rings. The topological polar surface area (TPSA) is 56.5 Å². The van der Waals surface area contributed by atoms with Gasteiger partial charge in [-0.1, -0.05) is 0 Å². The van der Waals surface area contributed by atoms with Crippen LogP contribution in [0.4, 0.5) is 0 Å². The molecule has 0 amide bonds. The van der Waals surface area contributed by atoms with Gasteiger partial charge in [0.1, 0.15) is 5.71 Å². The van der Waals surface area contributed by atoms with E-state index in [1.807, 2.05) is 13.1 Å². The second-order valence-corrected chi connectivity index (χ2v) is 3.24. The van der Waals surface area contributed by atoms with Crippen LogP contribution in [0.3, 0.4) is 0 Å². The van der Waals surface area contributed by atoms with E-state index in [0.29, 0.717) is 12.1 Å². The number of nitrogens with zero attached hydrogens (tertiary/aromatic N) is 3. The summed E-state index contributed by atoms with van der Waals surface area (Å²) in [5.74, 6) is -0.372. The molecule has 0 unspecified atom stereocenters. The lowest BCUT2D eigenvalue weighted by Crippen LogP contribution is -2.14. The fourth-order valence-electron chi connectivity index (χ4n) is 1.52. The maximum absolute atomic E-state index is 11.2. The van der Waals surface area contributed by atoms with Crippen LogP contribution in [0, 0.1) is 0 Å². The Kier molecular flexibility index (Phi) is 2.37. The van der Waals surface area contributed by atoms with E-state index in [0.717, 1.165) is 11.3 Å². The standard InChI is InChI=1S/C10H11N3O2/c1-13-9(3-4-12-13)7-5-8(11-6-7)10(14)15-2/h3-4,6H,5H2,1-2H3. The van der Waals surface area contributed by atoms with Gasteiger partial charge in [-0.05, 0) is 6.07 Å². The quantitative estimate of drug-likeness (QED) is 0.670. The number of aromatic nitrogens is 2. The van der Waals surface area contributed by atoms with Crippen molar-refractivity contribution >= 4 is 17.3 Å². The minimum atomic E-state index is -0.372. The predicted molar refractivity (Wildman–Crippen MR) is 55.3 cm³/mol. The fourth-order valence-corrected chi connectivity index (χ4v) is 1.52. The molecule has 0 aliphatic carbocycles. The zero-order valence-electron chi connectivity index (χ0n) is 8.60. The zero-order valence-corrected chi connectivity index (χ0v) is 8.60. The number of ether oxygens (including phenoxy) is 1. The summed E-state index contributed by atoms with van der Waals surface area (Å²) in [6, 6.07) is 1.89. The van der Waals surface area contributed by atoms with Gasteiger partial charge in [0, 0.05) is 31.4 Å². The van der Waals surface area contributed by atoms with Gasteiger partial charge in [-0.3, -0.25) is 9.67 Å². The Morgan fingerprint density at radius 2 is 2.40 bits per heavy atom. The van der Waals surface area contributed by atoms with Crippen molar-refractivity contribution in [2.75, 3.05) is 7.11 Å². The van der Waals surface area contributed by atoms with Crippen LogP contribution >= 0.6 is 0 Å². The van der Waals surface area contributed by atoms with Crippen LogP contribution in [0.2, 0.25) is 0 Å². The van der Waals surface area contributed by atoms with Crippen molar-refractivity contribution in [3.8, 4) is 0 Å². The largest absolute Gasteiger partial charge is 0.465 e. The number of methoxy groups -OCH3 is 1. The molecule has 0 fully saturated rings. The first-order valence-electron chi connectivity index (χ1n) is 4.55. The summed E-state index contributed by atoms with van der Waals surface area (Å²) < 4.78 is 6.36. The molecule has 0 spiro atoms. The van der Waals surface area contributed by atoms with Crippen LogP contribution in [-0.2, 0) is 16.6 Å². The second kappa shape index (κ2) is 3.68. The van der Waals surface area contributed by atoms with Gasteiger partial charge >= 0.3 is 5.97 Å². The highest BCUT2D eigenvalue weighted by atomic mass is 16.5. The molecule has 15 heavy (non-hydrogen) atoms. The highest BCUT2D eigenvalue weighted by molar-refractivity contribution is 6.39. The average Bonchev–Trinajstić information content (AvgIpc) is 2.84. The van der Waals surface area contributed by atoms with Gasteiger partial charge in [0.2, 0.25) is 0 Å². The molecular formula is C10H11N3O2. The van der Waals surface area contributed by atoms with Crippen molar-refractivity contribution in [3.63, 3.8) is 0 Å². The maximum atomic E-state index is 11.2. The Balaban J connectivity index is 2.14. The van der Waals surface area contributed by atoms with E-state index in [1.54, 1.807) is 17.1 Å². The third kappa shape index (κ3) is 1.68. The number of rotatable bonds is 2. The van der Waals surface area contributed by atoms with Gasteiger partial charge in [-0.2, -0.15) is 5.10 Å². The maximum Gasteiger partial charge on any atom is 0.352 e. The van der Waals surface area contributed by atoms with E-state index in [2.05, 4.69) is 14.8 Å². The molecule has 2 heterocycles. The molecule has 1 aromatic heterocycles. The third-order valence-electron chi connectivity index (χ3n) is 2.31. The number of aliphatic imine (C=N–C) groups is 1. The highest BCUT2D eigenvalue weighted by Crippen LogP contribution is 2.23. The summed E-state index contributed by atoms with van der Waals surface area (Å²) in [4.78, 5) is 15.2. The van der Waals surface area contributed by atoms with Gasteiger partial charge in [-0.15, -0.1) is 0 Å². The molecule has 0 atom stereocenters. The number of hydrogen-bond acceptors (Lipinski definition) is 4. The van der Waals surface area contributed by atoms with Crippen molar-refractivity contribution in [1.82, 2.24) is 9.78 Å². The van der Waals surface area contributed by atoms with Crippen molar-refractivity contribution in [1.29, 1.82) is 0 Å². The molecule has 5 heteroatoms. The fraction of sp³-hybridized carbons (Fsp3) is 0.300. The Hall–Kier alpha value is -1.91. The summed E-state index contributed by atoms with van der Waals surface area (Å²) in [7, 11) is 3.21. The molecule has 78 valence electrons. The zero-order chi connectivity index (χ0) is 10.8. The summed E-state index contributed by atoms with van der Waals surface area (Å²) in [6.07, 6.45) is 3.90. The second-order valence-electron chi connectivity index (χ2n) is 3.24. The van der Waals surface area contributed by atoms with Gasteiger partial charge < -0.3 is 4.74 Å². The summed E-state index contributed by atoms with van der Waals surface area (Å²) in [5.41, 5.74) is 2.39. The molecular weight excluding hydrogens is 194 g/mol. The number of carbonyl (C=O) groups is 1. The number of esters is 1. The number of aryl methyl sites for hydroxylation is 1. The minimum absolute atomic E-state index is 0.372. The van der Waals surface area contributed by atoms with E-state index in [-0.39, 0.29) is 5.97 Å². The number of carbonyl (C=O) groups excluding carboxylic acids is 1. The molecule has 0 N–H and O–H groups in total. The van der Waals surface area contributed by atoms with Crippen molar-refractivity contribution < 1.29 is 9.53 Å². The van der Waals surface area contributed by atoms with E-state index >= 15 is 0 Å². The van der Waals surface area contributed by atoms with Crippen LogP contribution < -0.4 is 0 Å². The first-order chi connectivity index (χ1) is 7.22. The van der Waals surface area contributed by atoms with Crippen LogP contribution in [-0.4, -0.2) is 28.6 Å². The normalized spacial score (nSPS) is 14.8. The number of allylic oxidation sites excluding steroid dienone is 1. The molecule has 0 radical (unpaired) electrons. The Labute approximate surface area is 87.1 Å². The average molecular weight is 205 g/mol. The molecule has 0 aromatic carbocycles. The predicted octanol–water partition coefficient (Wildman–Crippen LogP) is 0.779.